The third kappa shape index (κ3) is 3.48. The van der Waals surface area contributed by atoms with Crippen molar-refractivity contribution in [2.24, 2.45) is 5.92 Å². The van der Waals surface area contributed by atoms with Crippen LogP contribution in [0.5, 0.6) is 0 Å². The normalized spacial score (nSPS) is 18.9. The molecule has 0 aromatic heterocycles. The Kier molecular flexibility index (Phi) is 4.60. The molecule has 1 saturated heterocycles. The minimum atomic E-state index is -0.877. The van der Waals surface area contributed by atoms with Crippen LogP contribution in [-0.4, -0.2) is 35.0 Å². The summed E-state index contributed by atoms with van der Waals surface area (Å²) in [5.41, 5.74) is -0.0616. The van der Waals surface area contributed by atoms with E-state index in [-0.39, 0.29) is 17.9 Å². The van der Waals surface area contributed by atoms with Gasteiger partial charge in [0.05, 0.1) is 5.56 Å². The van der Waals surface area contributed by atoms with E-state index in [4.69, 9.17) is 16.7 Å². The van der Waals surface area contributed by atoms with E-state index < -0.39 is 17.7 Å². The number of carboxylic acid groups (broad SMARTS) is 1. The van der Waals surface area contributed by atoms with Crippen LogP contribution in [0.15, 0.2) is 18.2 Å². The molecule has 1 aliphatic rings. The molecule has 1 N–H and O–H groups in total. The van der Waals surface area contributed by atoms with Gasteiger partial charge in [0.15, 0.2) is 0 Å². The highest BCUT2D eigenvalue weighted by Gasteiger charge is 2.27. The first-order valence-electron chi connectivity index (χ1n) is 6.43. The van der Waals surface area contributed by atoms with E-state index in [1.54, 1.807) is 0 Å². The number of carbonyl (C=O) groups is 2. The molecule has 1 aromatic rings. The molecule has 108 valence electrons. The van der Waals surface area contributed by atoms with Crippen molar-refractivity contribution in [3.63, 3.8) is 0 Å². The minimum absolute atomic E-state index is 0.0296. The van der Waals surface area contributed by atoms with Gasteiger partial charge in [0.25, 0.3) is 5.91 Å². The highest BCUT2D eigenvalue weighted by molar-refractivity contribution is 6.31. The van der Waals surface area contributed by atoms with Crippen molar-refractivity contribution in [1.82, 2.24) is 4.90 Å². The largest absolute Gasteiger partial charge is 0.481 e. The Balaban J connectivity index is 2.12. The van der Waals surface area contributed by atoms with Crippen molar-refractivity contribution >= 4 is 23.5 Å². The molecule has 1 aliphatic heterocycles. The zero-order chi connectivity index (χ0) is 14.7. The molecule has 0 aliphatic carbocycles. The van der Waals surface area contributed by atoms with Crippen molar-refractivity contribution in [2.75, 3.05) is 13.1 Å². The lowest BCUT2D eigenvalue weighted by Gasteiger charge is -2.32. The van der Waals surface area contributed by atoms with Crippen molar-refractivity contribution < 1.29 is 19.1 Å². The first kappa shape index (κ1) is 14.8. The van der Waals surface area contributed by atoms with Crippen LogP contribution in [0.25, 0.3) is 0 Å². The number of benzene rings is 1. The van der Waals surface area contributed by atoms with E-state index in [1.807, 2.05) is 0 Å². The molecule has 1 heterocycles. The van der Waals surface area contributed by atoms with Gasteiger partial charge in [-0.3, -0.25) is 9.59 Å². The third-order valence-corrected chi connectivity index (χ3v) is 3.66. The Morgan fingerprint density at radius 1 is 1.45 bits per heavy atom. The molecule has 0 spiro atoms. The number of likely N-dealkylation sites (tertiary alicyclic amines) is 1. The van der Waals surface area contributed by atoms with Crippen molar-refractivity contribution in [3.05, 3.63) is 34.6 Å². The van der Waals surface area contributed by atoms with Crippen LogP contribution in [0, 0.1) is 11.7 Å². The summed E-state index contributed by atoms with van der Waals surface area (Å²) >= 11 is 5.78. The molecular formula is C14H15ClFNO3. The smallest absolute Gasteiger partial charge is 0.303 e. The van der Waals surface area contributed by atoms with Crippen molar-refractivity contribution in [2.45, 2.75) is 19.3 Å². The fourth-order valence-corrected chi connectivity index (χ4v) is 2.67. The Morgan fingerprint density at radius 3 is 2.90 bits per heavy atom. The quantitative estimate of drug-likeness (QED) is 0.933. The number of halogens is 2. The zero-order valence-corrected chi connectivity index (χ0v) is 11.6. The van der Waals surface area contributed by atoms with Gasteiger partial charge >= 0.3 is 5.97 Å². The van der Waals surface area contributed by atoms with Crippen LogP contribution in [0.1, 0.15) is 29.6 Å². The number of piperidine rings is 1. The fraction of sp³-hybridized carbons (Fsp3) is 0.429. The average molecular weight is 300 g/mol. The predicted octanol–water partition coefficient (Wildman–Crippen LogP) is 2.81. The first-order chi connectivity index (χ1) is 9.47. The van der Waals surface area contributed by atoms with Crippen LogP contribution < -0.4 is 0 Å². The molecule has 6 heteroatoms. The SMILES string of the molecule is O=C(O)CC1CCCN(C(=O)c2cc(Cl)ccc2F)C1. The summed E-state index contributed by atoms with van der Waals surface area (Å²) in [6.45, 7) is 0.859. The van der Waals surface area contributed by atoms with Crippen LogP contribution in [0.3, 0.4) is 0 Å². The van der Waals surface area contributed by atoms with Gasteiger partial charge in [-0.15, -0.1) is 0 Å². The summed E-state index contributed by atoms with van der Waals surface area (Å²) in [6, 6.07) is 3.85. The Bertz CT molecular complexity index is 535. The summed E-state index contributed by atoms with van der Waals surface area (Å²) in [5, 5.41) is 9.11. The van der Waals surface area contributed by atoms with E-state index in [1.165, 1.54) is 17.0 Å². The van der Waals surface area contributed by atoms with Gasteiger partial charge in [0.2, 0.25) is 0 Å². The zero-order valence-electron chi connectivity index (χ0n) is 10.8. The van der Waals surface area contributed by atoms with E-state index in [2.05, 4.69) is 0 Å². The van der Waals surface area contributed by atoms with E-state index in [9.17, 15) is 14.0 Å². The number of hydrogen-bond acceptors (Lipinski definition) is 2. The van der Waals surface area contributed by atoms with Crippen LogP contribution in [0.2, 0.25) is 5.02 Å². The summed E-state index contributed by atoms with van der Waals surface area (Å²) in [7, 11) is 0. The molecule has 1 amide bonds. The molecule has 2 rings (SSSR count). The van der Waals surface area contributed by atoms with Gasteiger partial charge in [-0.05, 0) is 37.0 Å². The summed E-state index contributed by atoms with van der Waals surface area (Å²) < 4.78 is 13.7. The second-order valence-electron chi connectivity index (χ2n) is 4.98. The lowest BCUT2D eigenvalue weighted by molar-refractivity contribution is -0.138. The number of nitrogens with zero attached hydrogens (tertiary/aromatic N) is 1. The van der Waals surface area contributed by atoms with Crippen LogP contribution in [-0.2, 0) is 4.79 Å². The van der Waals surface area contributed by atoms with E-state index >= 15 is 0 Å². The number of aliphatic carboxylic acids is 1. The molecule has 0 bridgehead atoms. The van der Waals surface area contributed by atoms with Crippen LogP contribution in [0.4, 0.5) is 4.39 Å². The Hall–Kier alpha value is -1.62. The average Bonchev–Trinajstić information content (AvgIpc) is 2.40. The maximum absolute atomic E-state index is 13.7. The summed E-state index contributed by atoms with van der Waals surface area (Å²) in [4.78, 5) is 24.5. The standard InChI is InChI=1S/C14H15ClFNO3/c15-10-3-4-12(16)11(7-10)14(20)17-5-1-2-9(8-17)6-13(18)19/h3-4,7,9H,1-2,5-6,8H2,(H,18,19). The molecule has 0 radical (unpaired) electrons. The highest BCUT2D eigenvalue weighted by Crippen LogP contribution is 2.23. The minimum Gasteiger partial charge on any atom is -0.481 e. The number of rotatable bonds is 3. The topological polar surface area (TPSA) is 57.6 Å². The summed E-state index contributed by atoms with van der Waals surface area (Å²) in [5.74, 6) is -1.99. The fourth-order valence-electron chi connectivity index (χ4n) is 2.49. The Morgan fingerprint density at radius 2 is 2.20 bits per heavy atom. The van der Waals surface area contributed by atoms with Gasteiger partial charge in [-0.2, -0.15) is 0 Å². The monoisotopic (exact) mass is 299 g/mol. The summed E-state index contributed by atoms with van der Waals surface area (Å²) in [6.07, 6.45) is 1.53. The maximum atomic E-state index is 13.7. The number of amides is 1. The molecular weight excluding hydrogens is 285 g/mol. The van der Waals surface area contributed by atoms with E-state index in [0.29, 0.717) is 18.1 Å². The lowest BCUT2D eigenvalue weighted by Crippen LogP contribution is -2.40. The van der Waals surface area contributed by atoms with Gasteiger partial charge < -0.3 is 10.0 Å². The molecule has 1 fully saturated rings. The highest BCUT2D eigenvalue weighted by atomic mass is 35.5. The van der Waals surface area contributed by atoms with Gasteiger partial charge in [-0.1, -0.05) is 11.6 Å². The number of carboxylic acids is 1. The number of hydrogen-bond donors (Lipinski definition) is 1. The second kappa shape index (κ2) is 6.22. The van der Waals surface area contributed by atoms with Gasteiger partial charge in [0.1, 0.15) is 5.82 Å². The van der Waals surface area contributed by atoms with E-state index in [0.717, 1.165) is 18.9 Å². The lowest BCUT2D eigenvalue weighted by atomic mass is 9.94. The van der Waals surface area contributed by atoms with Crippen molar-refractivity contribution in [3.8, 4) is 0 Å². The van der Waals surface area contributed by atoms with Crippen LogP contribution >= 0.6 is 11.6 Å². The molecule has 0 saturated carbocycles. The third-order valence-electron chi connectivity index (χ3n) is 3.43. The Labute approximate surface area is 121 Å². The molecule has 1 unspecified atom stereocenters. The molecule has 1 aromatic carbocycles. The maximum Gasteiger partial charge on any atom is 0.303 e. The molecule has 20 heavy (non-hydrogen) atoms. The second-order valence-corrected chi connectivity index (χ2v) is 5.42. The predicted molar refractivity (Wildman–Crippen MR) is 72.3 cm³/mol. The first-order valence-corrected chi connectivity index (χ1v) is 6.81. The van der Waals surface area contributed by atoms with Crippen molar-refractivity contribution in [1.29, 1.82) is 0 Å². The van der Waals surface area contributed by atoms with Gasteiger partial charge in [-0.25, -0.2) is 4.39 Å². The molecule has 4 nitrogen and oxygen atoms in total. The van der Waals surface area contributed by atoms with Gasteiger partial charge in [0, 0.05) is 24.5 Å². The number of carbonyl (C=O) groups excluding carboxylic acids is 1. The molecule has 1 atom stereocenters.